The van der Waals surface area contributed by atoms with Crippen LogP contribution in [0.15, 0.2) is 54.7 Å². The number of aromatic nitrogens is 1. The summed E-state index contributed by atoms with van der Waals surface area (Å²) in [5.74, 6) is -0.242. The minimum Gasteiger partial charge on any atom is -0.361 e. The molecule has 1 aromatic heterocycles. The second kappa shape index (κ2) is 6.36. The van der Waals surface area contributed by atoms with Gasteiger partial charge in [-0.1, -0.05) is 12.1 Å². The zero-order valence-corrected chi connectivity index (χ0v) is 12.7. The summed E-state index contributed by atoms with van der Waals surface area (Å²) in [5, 5.41) is 6.63. The maximum atomic E-state index is 12.2. The Morgan fingerprint density at radius 1 is 1.00 bits per heavy atom. The van der Waals surface area contributed by atoms with E-state index in [9.17, 15) is 9.59 Å². The molecule has 0 fully saturated rings. The smallest absolute Gasteiger partial charge is 0.228 e. The highest BCUT2D eigenvalue weighted by Crippen LogP contribution is 2.17. The van der Waals surface area contributed by atoms with E-state index in [4.69, 9.17) is 0 Å². The van der Waals surface area contributed by atoms with Crippen molar-refractivity contribution in [1.82, 2.24) is 4.98 Å². The van der Waals surface area contributed by atoms with E-state index in [0.29, 0.717) is 17.8 Å². The summed E-state index contributed by atoms with van der Waals surface area (Å²) in [7, 11) is 0. The van der Waals surface area contributed by atoms with E-state index in [1.165, 1.54) is 6.92 Å². The molecule has 3 aromatic rings. The number of anilines is 2. The maximum Gasteiger partial charge on any atom is 0.228 e. The van der Waals surface area contributed by atoms with Crippen molar-refractivity contribution in [2.24, 2.45) is 0 Å². The van der Waals surface area contributed by atoms with Crippen LogP contribution in [0.1, 0.15) is 12.5 Å². The number of carbonyl (C=O) groups is 2. The fraction of sp³-hybridized carbons (Fsp3) is 0.111. The summed E-state index contributed by atoms with van der Waals surface area (Å²) in [6.45, 7) is 1.45. The fourth-order valence-corrected chi connectivity index (χ4v) is 2.48. The SMILES string of the molecule is CC(=O)Nc1cccc(NC(=O)Cc2ccc3[nH]ccc3c2)c1. The first kappa shape index (κ1) is 14.8. The number of rotatable bonds is 4. The summed E-state index contributed by atoms with van der Waals surface area (Å²) in [4.78, 5) is 26.4. The van der Waals surface area contributed by atoms with Crippen LogP contribution < -0.4 is 10.6 Å². The van der Waals surface area contributed by atoms with Crippen LogP contribution in [0.2, 0.25) is 0 Å². The van der Waals surface area contributed by atoms with E-state index in [0.717, 1.165) is 16.5 Å². The third-order valence-electron chi connectivity index (χ3n) is 3.45. The van der Waals surface area contributed by atoms with Crippen molar-refractivity contribution in [1.29, 1.82) is 0 Å². The second-order valence-electron chi connectivity index (χ2n) is 5.39. The number of hydrogen-bond donors (Lipinski definition) is 3. The molecule has 3 N–H and O–H groups in total. The summed E-state index contributed by atoms with van der Waals surface area (Å²) in [6.07, 6.45) is 2.17. The van der Waals surface area contributed by atoms with Crippen LogP contribution in [0.25, 0.3) is 10.9 Å². The van der Waals surface area contributed by atoms with Gasteiger partial charge >= 0.3 is 0 Å². The minimum absolute atomic E-state index is 0.0974. The van der Waals surface area contributed by atoms with Crippen molar-refractivity contribution in [3.63, 3.8) is 0 Å². The van der Waals surface area contributed by atoms with Gasteiger partial charge in [-0.05, 0) is 47.3 Å². The molecule has 0 atom stereocenters. The Morgan fingerprint density at radius 3 is 2.57 bits per heavy atom. The number of fused-ring (bicyclic) bond motifs is 1. The van der Waals surface area contributed by atoms with E-state index in [1.807, 2.05) is 30.5 Å². The average Bonchev–Trinajstić information content (AvgIpc) is 2.94. The third-order valence-corrected chi connectivity index (χ3v) is 3.45. The first-order valence-corrected chi connectivity index (χ1v) is 7.34. The van der Waals surface area contributed by atoms with Crippen molar-refractivity contribution in [2.45, 2.75) is 13.3 Å². The zero-order chi connectivity index (χ0) is 16.2. The standard InChI is InChI=1S/C18H17N3O2/c1-12(22)20-15-3-2-4-16(11-15)21-18(23)10-13-5-6-17-14(9-13)7-8-19-17/h2-9,11,19H,10H2,1H3,(H,20,22)(H,21,23). The molecule has 23 heavy (non-hydrogen) atoms. The zero-order valence-electron chi connectivity index (χ0n) is 12.7. The van der Waals surface area contributed by atoms with Gasteiger partial charge in [0.1, 0.15) is 0 Å². The van der Waals surface area contributed by atoms with Gasteiger partial charge in [0.25, 0.3) is 0 Å². The molecule has 0 saturated carbocycles. The number of H-pyrrole nitrogens is 1. The van der Waals surface area contributed by atoms with Crippen LogP contribution in [0.4, 0.5) is 11.4 Å². The molecule has 0 radical (unpaired) electrons. The molecule has 0 aliphatic rings. The molecule has 5 heteroatoms. The lowest BCUT2D eigenvalue weighted by molar-refractivity contribution is -0.115. The topological polar surface area (TPSA) is 74.0 Å². The Balaban J connectivity index is 1.67. The highest BCUT2D eigenvalue weighted by Gasteiger charge is 2.06. The lowest BCUT2D eigenvalue weighted by atomic mass is 10.1. The van der Waals surface area contributed by atoms with Crippen molar-refractivity contribution in [3.05, 3.63) is 60.3 Å². The molecule has 5 nitrogen and oxygen atoms in total. The molecule has 0 aliphatic heterocycles. The molecule has 1 heterocycles. The second-order valence-corrected chi connectivity index (χ2v) is 5.39. The van der Waals surface area contributed by atoms with Crippen molar-refractivity contribution in [3.8, 4) is 0 Å². The van der Waals surface area contributed by atoms with Gasteiger partial charge in [0.15, 0.2) is 0 Å². The minimum atomic E-state index is -0.145. The molecule has 0 bridgehead atoms. The number of nitrogens with one attached hydrogen (secondary N) is 3. The van der Waals surface area contributed by atoms with Crippen LogP contribution in [-0.2, 0) is 16.0 Å². The molecule has 2 amide bonds. The Labute approximate surface area is 133 Å². The number of carbonyl (C=O) groups excluding carboxylic acids is 2. The van der Waals surface area contributed by atoms with E-state index in [2.05, 4.69) is 15.6 Å². The van der Waals surface area contributed by atoms with Gasteiger partial charge in [-0.15, -0.1) is 0 Å². The average molecular weight is 307 g/mol. The highest BCUT2D eigenvalue weighted by molar-refractivity contribution is 5.94. The van der Waals surface area contributed by atoms with E-state index in [1.54, 1.807) is 24.3 Å². The quantitative estimate of drug-likeness (QED) is 0.692. The first-order chi connectivity index (χ1) is 11.1. The van der Waals surface area contributed by atoms with Crippen LogP contribution in [0.3, 0.4) is 0 Å². The molecular formula is C18H17N3O2. The third kappa shape index (κ3) is 3.77. The van der Waals surface area contributed by atoms with Gasteiger partial charge in [-0.25, -0.2) is 0 Å². The summed E-state index contributed by atoms with van der Waals surface area (Å²) in [5.41, 5.74) is 3.32. The van der Waals surface area contributed by atoms with Gasteiger partial charge in [0, 0.05) is 30.0 Å². The van der Waals surface area contributed by atoms with Crippen molar-refractivity contribution < 1.29 is 9.59 Å². The number of amides is 2. The highest BCUT2D eigenvalue weighted by atomic mass is 16.2. The molecule has 2 aromatic carbocycles. The van der Waals surface area contributed by atoms with Crippen LogP contribution in [0, 0.1) is 0 Å². The maximum absolute atomic E-state index is 12.2. The Morgan fingerprint density at radius 2 is 1.78 bits per heavy atom. The fourth-order valence-electron chi connectivity index (χ4n) is 2.48. The molecule has 116 valence electrons. The van der Waals surface area contributed by atoms with Crippen LogP contribution >= 0.6 is 0 Å². The summed E-state index contributed by atoms with van der Waals surface area (Å²) in [6, 6.07) is 15.0. The van der Waals surface area contributed by atoms with Crippen molar-refractivity contribution in [2.75, 3.05) is 10.6 Å². The lowest BCUT2D eigenvalue weighted by Gasteiger charge is -2.08. The van der Waals surface area contributed by atoms with Crippen LogP contribution in [0.5, 0.6) is 0 Å². The van der Waals surface area contributed by atoms with Gasteiger partial charge < -0.3 is 15.6 Å². The van der Waals surface area contributed by atoms with E-state index >= 15 is 0 Å². The molecule has 0 aliphatic carbocycles. The van der Waals surface area contributed by atoms with Gasteiger partial charge in [0.05, 0.1) is 6.42 Å². The lowest BCUT2D eigenvalue weighted by Crippen LogP contribution is -2.14. The molecule has 0 unspecified atom stereocenters. The van der Waals surface area contributed by atoms with Gasteiger partial charge in [0.2, 0.25) is 11.8 Å². The molecule has 0 saturated heterocycles. The van der Waals surface area contributed by atoms with E-state index in [-0.39, 0.29) is 11.8 Å². The number of hydrogen-bond acceptors (Lipinski definition) is 2. The Hall–Kier alpha value is -3.08. The Kier molecular flexibility index (Phi) is 4.10. The van der Waals surface area contributed by atoms with Crippen LogP contribution in [-0.4, -0.2) is 16.8 Å². The molecule has 3 rings (SSSR count). The van der Waals surface area contributed by atoms with Gasteiger partial charge in [-0.2, -0.15) is 0 Å². The van der Waals surface area contributed by atoms with E-state index < -0.39 is 0 Å². The summed E-state index contributed by atoms with van der Waals surface area (Å²) >= 11 is 0. The van der Waals surface area contributed by atoms with Gasteiger partial charge in [-0.3, -0.25) is 9.59 Å². The van der Waals surface area contributed by atoms with Crippen molar-refractivity contribution >= 4 is 34.1 Å². The first-order valence-electron chi connectivity index (χ1n) is 7.34. The largest absolute Gasteiger partial charge is 0.361 e. The monoisotopic (exact) mass is 307 g/mol. The molecule has 0 spiro atoms. The Bertz CT molecular complexity index is 867. The number of benzene rings is 2. The normalized spacial score (nSPS) is 10.5. The predicted molar refractivity (Wildman–Crippen MR) is 91.4 cm³/mol. The summed E-state index contributed by atoms with van der Waals surface area (Å²) < 4.78 is 0. The number of aromatic amines is 1. The predicted octanol–water partition coefficient (Wildman–Crippen LogP) is 3.31. The molecular weight excluding hydrogens is 290 g/mol.